The van der Waals surface area contributed by atoms with Crippen molar-refractivity contribution in [3.05, 3.63) is 83.1 Å². The van der Waals surface area contributed by atoms with Crippen LogP contribution in [0.3, 0.4) is 0 Å². The van der Waals surface area contributed by atoms with Gasteiger partial charge in [0.1, 0.15) is 5.76 Å². The van der Waals surface area contributed by atoms with Gasteiger partial charge in [0.05, 0.1) is 0 Å². The van der Waals surface area contributed by atoms with Crippen molar-refractivity contribution in [1.82, 2.24) is 5.32 Å². The van der Waals surface area contributed by atoms with Gasteiger partial charge in [-0.1, -0.05) is 41.9 Å². The maximum absolute atomic E-state index is 12.1. The summed E-state index contributed by atoms with van der Waals surface area (Å²) in [5.41, 5.74) is 2.08. The average molecular weight is 326 g/mol. The minimum atomic E-state index is -0.207. The lowest BCUT2D eigenvalue weighted by molar-refractivity contribution is 0.0927. The van der Waals surface area contributed by atoms with E-state index in [1.54, 1.807) is 24.3 Å². The molecule has 0 atom stereocenters. The van der Waals surface area contributed by atoms with Gasteiger partial charge >= 0.3 is 0 Å². The molecule has 4 heteroatoms. The highest BCUT2D eigenvalue weighted by atomic mass is 35.5. The van der Waals surface area contributed by atoms with Crippen LogP contribution in [-0.2, 0) is 6.42 Å². The fourth-order valence-corrected chi connectivity index (χ4v) is 2.41. The van der Waals surface area contributed by atoms with E-state index in [0.29, 0.717) is 23.1 Å². The zero-order valence-corrected chi connectivity index (χ0v) is 13.2. The molecule has 0 aliphatic carbocycles. The van der Waals surface area contributed by atoms with Gasteiger partial charge in [-0.2, -0.15) is 0 Å². The molecule has 3 aromatic rings. The molecule has 0 spiro atoms. The Kier molecular flexibility index (Phi) is 4.79. The summed E-state index contributed by atoms with van der Waals surface area (Å²) in [6.45, 7) is 0.569. The Labute approximate surface area is 139 Å². The molecule has 0 bridgehead atoms. The molecule has 2 aromatic carbocycles. The normalized spacial score (nSPS) is 10.5. The summed E-state index contributed by atoms with van der Waals surface area (Å²) >= 11 is 5.87. The number of furan rings is 1. The zero-order valence-electron chi connectivity index (χ0n) is 12.5. The molecule has 0 saturated carbocycles. The first kappa shape index (κ1) is 15.4. The highest BCUT2D eigenvalue weighted by Gasteiger charge is 2.11. The molecular weight excluding hydrogens is 310 g/mol. The van der Waals surface area contributed by atoms with Gasteiger partial charge in [-0.3, -0.25) is 4.79 Å². The molecule has 3 nitrogen and oxygen atoms in total. The summed E-state index contributed by atoms with van der Waals surface area (Å²) in [6.07, 6.45) is 0.789. The molecule has 0 unspecified atom stereocenters. The first-order valence-electron chi connectivity index (χ1n) is 7.40. The number of nitrogens with one attached hydrogen (secondary N) is 1. The molecule has 0 aliphatic heterocycles. The lowest BCUT2D eigenvalue weighted by Crippen LogP contribution is -2.25. The first-order chi connectivity index (χ1) is 11.2. The van der Waals surface area contributed by atoms with Crippen LogP contribution in [0.15, 0.2) is 71.1 Å². The number of hydrogen-bond donors (Lipinski definition) is 1. The van der Waals surface area contributed by atoms with E-state index in [0.717, 1.165) is 12.0 Å². The number of amides is 1. The molecule has 3 rings (SSSR count). The van der Waals surface area contributed by atoms with Crippen molar-refractivity contribution in [3.63, 3.8) is 0 Å². The second-order valence-electron chi connectivity index (χ2n) is 5.16. The summed E-state index contributed by atoms with van der Waals surface area (Å²) in [4.78, 5) is 12.1. The average Bonchev–Trinajstić information content (AvgIpc) is 3.06. The third-order valence-electron chi connectivity index (χ3n) is 3.50. The summed E-state index contributed by atoms with van der Waals surface area (Å²) in [5.74, 6) is 0.749. The van der Waals surface area contributed by atoms with E-state index in [-0.39, 0.29) is 5.91 Å². The van der Waals surface area contributed by atoms with Crippen molar-refractivity contribution in [2.24, 2.45) is 0 Å². The second kappa shape index (κ2) is 7.16. The van der Waals surface area contributed by atoms with Crippen LogP contribution in [0.1, 0.15) is 16.1 Å². The number of hydrogen-bond acceptors (Lipinski definition) is 2. The predicted octanol–water partition coefficient (Wildman–Crippen LogP) is 4.57. The van der Waals surface area contributed by atoms with Crippen molar-refractivity contribution in [2.75, 3.05) is 6.54 Å². The quantitative estimate of drug-likeness (QED) is 0.746. The Morgan fingerprint density at radius 3 is 2.43 bits per heavy atom. The third kappa shape index (κ3) is 4.02. The van der Waals surface area contributed by atoms with E-state index in [1.165, 1.54) is 5.56 Å². The predicted molar refractivity (Wildman–Crippen MR) is 91.6 cm³/mol. The summed E-state index contributed by atoms with van der Waals surface area (Å²) in [6, 6.07) is 20.8. The minimum Gasteiger partial charge on any atom is -0.451 e. The Morgan fingerprint density at radius 1 is 0.957 bits per heavy atom. The Bertz CT molecular complexity index is 779. The highest BCUT2D eigenvalue weighted by Crippen LogP contribution is 2.23. The highest BCUT2D eigenvalue weighted by molar-refractivity contribution is 6.30. The molecule has 0 aliphatic rings. The molecule has 1 amide bonds. The smallest absolute Gasteiger partial charge is 0.287 e. The number of benzene rings is 2. The number of carbonyl (C=O) groups is 1. The van der Waals surface area contributed by atoms with Gasteiger partial charge in [-0.15, -0.1) is 0 Å². The Morgan fingerprint density at radius 2 is 1.70 bits per heavy atom. The largest absolute Gasteiger partial charge is 0.451 e. The van der Waals surface area contributed by atoms with Gasteiger partial charge in [0.25, 0.3) is 5.91 Å². The van der Waals surface area contributed by atoms with Crippen LogP contribution in [-0.4, -0.2) is 12.5 Å². The lowest BCUT2D eigenvalue weighted by atomic mass is 10.1. The monoisotopic (exact) mass is 325 g/mol. The maximum Gasteiger partial charge on any atom is 0.287 e. The third-order valence-corrected chi connectivity index (χ3v) is 3.75. The summed E-state index contributed by atoms with van der Waals surface area (Å²) < 4.78 is 5.62. The van der Waals surface area contributed by atoms with Crippen molar-refractivity contribution < 1.29 is 9.21 Å². The van der Waals surface area contributed by atoms with Crippen molar-refractivity contribution in [3.8, 4) is 11.3 Å². The van der Waals surface area contributed by atoms with Crippen molar-refractivity contribution in [2.45, 2.75) is 6.42 Å². The molecule has 0 radical (unpaired) electrons. The van der Waals surface area contributed by atoms with E-state index in [2.05, 4.69) is 5.32 Å². The van der Waals surface area contributed by atoms with Crippen LogP contribution in [0.25, 0.3) is 11.3 Å². The summed E-state index contributed by atoms with van der Waals surface area (Å²) in [7, 11) is 0. The molecule has 116 valence electrons. The molecule has 0 fully saturated rings. The van der Waals surface area contributed by atoms with Crippen LogP contribution in [0.5, 0.6) is 0 Å². The fraction of sp³-hybridized carbons (Fsp3) is 0.105. The topological polar surface area (TPSA) is 42.2 Å². The fourth-order valence-electron chi connectivity index (χ4n) is 2.28. The minimum absolute atomic E-state index is 0.207. The van der Waals surface area contributed by atoms with E-state index < -0.39 is 0 Å². The number of halogens is 1. The molecule has 1 aromatic heterocycles. The van der Waals surface area contributed by atoms with E-state index >= 15 is 0 Å². The van der Waals surface area contributed by atoms with Gasteiger partial charge in [-0.25, -0.2) is 0 Å². The molecule has 1 heterocycles. The van der Waals surface area contributed by atoms with E-state index in [9.17, 15) is 4.79 Å². The van der Waals surface area contributed by atoms with Gasteiger partial charge < -0.3 is 9.73 Å². The maximum atomic E-state index is 12.1. The van der Waals surface area contributed by atoms with Gasteiger partial charge in [0.2, 0.25) is 0 Å². The van der Waals surface area contributed by atoms with Crippen LogP contribution in [0.4, 0.5) is 0 Å². The molecule has 1 N–H and O–H groups in total. The van der Waals surface area contributed by atoms with E-state index in [1.807, 2.05) is 42.5 Å². The van der Waals surface area contributed by atoms with Crippen LogP contribution in [0, 0.1) is 0 Å². The van der Waals surface area contributed by atoms with Gasteiger partial charge in [-0.05, 0) is 48.4 Å². The van der Waals surface area contributed by atoms with Gasteiger partial charge in [0, 0.05) is 17.1 Å². The molecule has 23 heavy (non-hydrogen) atoms. The molecular formula is C19H16ClNO2. The second-order valence-corrected chi connectivity index (χ2v) is 5.60. The van der Waals surface area contributed by atoms with E-state index in [4.69, 9.17) is 16.0 Å². The SMILES string of the molecule is O=C(NCCc1ccccc1)c1ccc(-c2ccc(Cl)cc2)o1. The van der Waals surface area contributed by atoms with Crippen molar-refractivity contribution >= 4 is 17.5 Å². The van der Waals surface area contributed by atoms with Crippen LogP contribution >= 0.6 is 11.6 Å². The van der Waals surface area contributed by atoms with Crippen LogP contribution in [0.2, 0.25) is 5.02 Å². The number of carbonyl (C=O) groups excluding carboxylic acids is 1. The Hall–Kier alpha value is -2.52. The Balaban J connectivity index is 1.59. The van der Waals surface area contributed by atoms with Crippen molar-refractivity contribution in [1.29, 1.82) is 0 Å². The molecule has 0 saturated heterocycles. The number of rotatable bonds is 5. The zero-order chi connectivity index (χ0) is 16.1. The summed E-state index contributed by atoms with van der Waals surface area (Å²) in [5, 5.41) is 3.53. The first-order valence-corrected chi connectivity index (χ1v) is 7.78. The van der Waals surface area contributed by atoms with Crippen LogP contribution < -0.4 is 5.32 Å². The van der Waals surface area contributed by atoms with Gasteiger partial charge in [0.15, 0.2) is 5.76 Å². The standard InChI is InChI=1S/C19H16ClNO2/c20-16-8-6-15(7-9-16)17-10-11-18(23-17)19(22)21-13-12-14-4-2-1-3-5-14/h1-11H,12-13H2,(H,21,22). The lowest BCUT2D eigenvalue weighted by Gasteiger charge is -2.03.